The van der Waals surface area contributed by atoms with Crippen LogP contribution in [0.4, 0.5) is 0 Å². The van der Waals surface area contributed by atoms with E-state index in [0.29, 0.717) is 34.6 Å². The van der Waals surface area contributed by atoms with Crippen LogP contribution in [0.1, 0.15) is 49.9 Å². The SMILES string of the molecule is CC1CN(C2CCc3c(-c4noc(-c5ccc(OC(C)C)c(C#N)c5)n4)cccc32)C1. The minimum atomic E-state index is -0.00330. The van der Waals surface area contributed by atoms with E-state index in [-0.39, 0.29) is 6.10 Å². The van der Waals surface area contributed by atoms with Gasteiger partial charge in [0.15, 0.2) is 0 Å². The second kappa shape index (κ2) is 7.82. The Morgan fingerprint density at radius 2 is 2.06 bits per heavy atom. The van der Waals surface area contributed by atoms with E-state index in [9.17, 15) is 5.26 Å². The van der Waals surface area contributed by atoms with Gasteiger partial charge in [0.25, 0.3) is 5.89 Å². The van der Waals surface area contributed by atoms with Crippen LogP contribution in [0.25, 0.3) is 22.8 Å². The summed E-state index contributed by atoms with van der Waals surface area (Å²) in [4.78, 5) is 7.24. The van der Waals surface area contributed by atoms with Crippen LogP contribution in [0, 0.1) is 17.2 Å². The summed E-state index contributed by atoms with van der Waals surface area (Å²) in [7, 11) is 0. The zero-order valence-electron chi connectivity index (χ0n) is 18.1. The van der Waals surface area contributed by atoms with Crippen LogP contribution in [0.5, 0.6) is 5.75 Å². The number of ether oxygens (including phenoxy) is 1. The molecule has 2 aromatic carbocycles. The van der Waals surface area contributed by atoms with Gasteiger partial charge in [-0.15, -0.1) is 0 Å². The van der Waals surface area contributed by atoms with E-state index >= 15 is 0 Å². The lowest BCUT2D eigenvalue weighted by atomic mass is 9.96. The largest absolute Gasteiger partial charge is 0.490 e. The highest BCUT2D eigenvalue weighted by molar-refractivity contribution is 5.67. The average Bonchev–Trinajstić information content (AvgIpc) is 3.39. The molecular weight excluding hydrogens is 388 g/mol. The summed E-state index contributed by atoms with van der Waals surface area (Å²) in [5.74, 6) is 2.37. The molecule has 1 aromatic heterocycles. The Morgan fingerprint density at radius 1 is 1.23 bits per heavy atom. The van der Waals surface area contributed by atoms with Gasteiger partial charge in [-0.05, 0) is 61.9 Å². The molecule has 0 radical (unpaired) electrons. The normalized spacial score (nSPS) is 18.6. The standard InChI is InChI=1S/C25H26N4O2/c1-15(2)30-23-10-7-17(11-18(23)12-26)25-27-24(28-31-25)21-6-4-5-20-19(21)8-9-22(20)29-13-16(3)14-29/h4-7,10-11,15-16,22H,8-9,13-14H2,1-3H3. The molecule has 31 heavy (non-hydrogen) atoms. The molecule has 0 N–H and O–H groups in total. The van der Waals surface area contributed by atoms with E-state index in [1.807, 2.05) is 19.9 Å². The second-order valence-electron chi connectivity index (χ2n) is 8.90. The van der Waals surface area contributed by atoms with Crippen molar-refractivity contribution < 1.29 is 9.26 Å². The zero-order chi connectivity index (χ0) is 21.5. The highest BCUT2D eigenvalue weighted by Crippen LogP contribution is 2.42. The first kappa shape index (κ1) is 19.8. The molecule has 1 fully saturated rings. The van der Waals surface area contributed by atoms with Crippen LogP contribution in [-0.2, 0) is 6.42 Å². The van der Waals surface area contributed by atoms with Crippen LogP contribution in [0.15, 0.2) is 40.9 Å². The van der Waals surface area contributed by atoms with Gasteiger partial charge in [-0.2, -0.15) is 10.2 Å². The summed E-state index contributed by atoms with van der Waals surface area (Å²) in [6.07, 6.45) is 2.17. The molecule has 2 heterocycles. The second-order valence-corrected chi connectivity index (χ2v) is 8.90. The topological polar surface area (TPSA) is 75.2 Å². The maximum atomic E-state index is 9.50. The number of aromatic nitrogens is 2. The van der Waals surface area contributed by atoms with Crippen molar-refractivity contribution in [1.29, 1.82) is 5.26 Å². The van der Waals surface area contributed by atoms with E-state index < -0.39 is 0 Å². The molecule has 0 saturated carbocycles. The van der Waals surface area contributed by atoms with Crippen molar-refractivity contribution in [3.05, 3.63) is 53.1 Å². The van der Waals surface area contributed by atoms with E-state index in [0.717, 1.165) is 24.3 Å². The van der Waals surface area contributed by atoms with Crippen LogP contribution >= 0.6 is 0 Å². The molecule has 0 bridgehead atoms. The molecule has 158 valence electrons. The molecule has 1 saturated heterocycles. The van der Waals surface area contributed by atoms with Crippen molar-refractivity contribution in [1.82, 2.24) is 15.0 Å². The zero-order valence-corrected chi connectivity index (χ0v) is 18.1. The van der Waals surface area contributed by atoms with Gasteiger partial charge in [0.2, 0.25) is 5.82 Å². The quantitative estimate of drug-likeness (QED) is 0.585. The summed E-state index contributed by atoms with van der Waals surface area (Å²) in [5.41, 5.74) is 4.95. The van der Waals surface area contributed by atoms with Gasteiger partial charge in [0.05, 0.1) is 11.7 Å². The number of nitriles is 1. The summed E-state index contributed by atoms with van der Waals surface area (Å²) in [5, 5.41) is 13.8. The molecule has 1 aliphatic carbocycles. The van der Waals surface area contributed by atoms with Crippen molar-refractivity contribution in [2.24, 2.45) is 5.92 Å². The smallest absolute Gasteiger partial charge is 0.258 e. The minimum absolute atomic E-state index is 0.00330. The molecule has 1 aliphatic heterocycles. The van der Waals surface area contributed by atoms with Crippen molar-refractivity contribution in [3.63, 3.8) is 0 Å². The number of hydrogen-bond acceptors (Lipinski definition) is 6. The Bertz CT molecular complexity index is 1150. The Kier molecular flexibility index (Phi) is 4.99. The number of rotatable bonds is 5. The number of likely N-dealkylation sites (tertiary alicyclic amines) is 1. The van der Waals surface area contributed by atoms with Crippen molar-refractivity contribution in [3.8, 4) is 34.7 Å². The first-order chi connectivity index (χ1) is 15.0. The molecule has 0 amide bonds. The Balaban J connectivity index is 1.44. The van der Waals surface area contributed by atoms with Crippen LogP contribution < -0.4 is 4.74 Å². The van der Waals surface area contributed by atoms with Gasteiger partial charge in [-0.25, -0.2) is 0 Å². The van der Waals surface area contributed by atoms with Gasteiger partial charge in [0.1, 0.15) is 11.8 Å². The maximum Gasteiger partial charge on any atom is 0.258 e. The lowest BCUT2D eigenvalue weighted by Gasteiger charge is -2.42. The third-order valence-corrected chi connectivity index (χ3v) is 6.15. The van der Waals surface area contributed by atoms with Crippen LogP contribution in [-0.4, -0.2) is 34.2 Å². The molecule has 3 aromatic rings. The molecule has 2 aliphatic rings. The number of benzene rings is 2. The monoisotopic (exact) mass is 414 g/mol. The summed E-state index contributed by atoms with van der Waals surface area (Å²) in [6.45, 7) is 8.54. The van der Waals surface area contributed by atoms with Crippen molar-refractivity contribution in [2.45, 2.75) is 45.8 Å². The summed E-state index contributed by atoms with van der Waals surface area (Å²) in [6, 6.07) is 14.5. The van der Waals surface area contributed by atoms with Gasteiger partial charge >= 0.3 is 0 Å². The van der Waals surface area contributed by atoms with E-state index in [1.165, 1.54) is 24.2 Å². The molecule has 6 heteroatoms. The maximum absolute atomic E-state index is 9.50. The lowest BCUT2D eigenvalue weighted by molar-refractivity contribution is 0.0624. The Morgan fingerprint density at radius 3 is 2.81 bits per heavy atom. The molecule has 1 unspecified atom stereocenters. The van der Waals surface area contributed by atoms with Crippen LogP contribution in [0.3, 0.4) is 0 Å². The van der Waals surface area contributed by atoms with Crippen molar-refractivity contribution >= 4 is 0 Å². The van der Waals surface area contributed by atoms with E-state index in [1.54, 1.807) is 12.1 Å². The van der Waals surface area contributed by atoms with Crippen LogP contribution in [0.2, 0.25) is 0 Å². The highest BCUT2D eigenvalue weighted by atomic mass is 16.5. The Hall–Kier alpha value is -3.17. The summed E-state index contributed by atoms with van der Waals surface area (Å²) < 4.78 is 11.3. The van der Waals surface area contributed by atoms with Gasteiger partial charge in [-0.3, -0.25) is 4.90 Å². The summed E-state index contributed by atoms with van der Waals surface area (Å²) >= 11 is 0. The average molecular weight is 415 g/mol. The predicted octanol–water partition coefficient (Wildman–Crippen LogP) is 5.00. The first-order valence-corrected chi connectivity index (χ1v) is 10.9. The molecule has 5 rings (SSSR count). The molecular formula is C25H26N4O2. The fourth-order valence-corrected chi connectivity index (χ4v) is 4.78. The van der Waals surface area contributed by atoms with E-state index in [2.05, 4.69) is 46.2 Å². The van der Waals surface area contributed by atoms with Gasteiger partial charge in [-0.1, -0.05) is 30.3 Å². The number of nitrogens with zero attached hydrogens (tertiary/aromatic N) is 4. The third kappa shape index (κ3) is 3.60. The fourth-order valence-electron chi connectivity index (χ4n) is 4.78. The third-order valence-electron chi connectivity index (χ3n) is 6.15. The van der Waals surface area contributed by atoms with Gasteiger partial charge < -0.3 is 9.26 Å². The predicted molar refractivity (Wildman–Crippen MR) is 117 cm³/mol. The van der Waals surface area contributed by atoms with Gasteiger partial charge in [0, 0.05) is 30.3 Å². The molecule has 0 spiro atoms. The first-order valence-electron chi connectivity index (χ1n) is 10.9. The molecule has 6 nitrogen and oxygen atoms in total. The highest BCUT2D eigenvalue weighted by Gasteiger charge is 2.35. The molecule has 1 atom stereocenters. The fraction of sp³-hybridized carbons (Fsp3) is 0.400. The Labute approximate surface area is 182 Å². The lowest BCUT2D eigenvalue weighted by Crippen LogP contribution is -2.46. The van der Waals surface area contributed by atoms with Crippen molar-refractivity contribution in [2.75, 3.05) is 13.1 Å². The van der Waals surface area contributed by atoms with E-state index in [4.69, 9.17) is 9.26 Å². The number of hydrogen-bond donors (Lipinski definition) is 0. The minimum Gasteiger partial charge on any atom is -0.490 e. The number of fused-ring (bicyclic) bond motifs is 1.